The maximum absolute atomic E-state index is 14.3. The Kier molecular flexibility index (Phi) is 3.62. The predicted octanol–water partition coefficient (Wildman–Crippen LogP) is 1.87. The molecule has 2 aliphatic rings. The molecule has 0 radical (unpaired) electrons. The normalized spacial score (nSPS) is 26.7. The summed E-state index contributed by atoms with van der Waals surface area (Å²) in [5.74, 6) is -5.21. The van der Waals surface area contributed by atoms with Crippen LogP contribution in [0.5, 0.6) is 0 Å². The number of carbonyl (C=O) groups is 2. The first kappa shape index (κ1) is 14.9. The summed E-state index contributed by atoms with van der Waals surface area (Å²) < 4.78 is 28.6. The molecule has 0 saturated carbocycles. The summed E-state index contributed by atoms with van der Waals surface area (Å²) in [6.45, 7) is 1.39. The molecule has 0 spiro atoms. The third kappa shape index (κ3) is 2.46. The molecule has 2 amide bonds. The van der Waals surface area contributed by atoms with Gasteiger partial charge in [0, 0.05) is 38.7 Å². The molecule has 4 nitrogen and oxygen atoms in total. The van der Waals surface area contributed by atoms with Crippen LogP contribution in [0.3, 0.4) is 0 Å². The van der Waals surface area contributed by atoms with Gasteiger partial charge in [0.05, 0.1) is 11.8 Å². The molecule has 2 heterocycles. The van der Waals surface area contributed by atoms with Crippen LogP contribution in [0, 0.1) is 11.8 Å². The predicted molar refractivity (Wildman–Crippen MR) is 76.5 cm³/mol. The molecule has 1 aromatic carbocycles. The molecule has 2 bridgehead atoms. The van der Waals surface area contributed by atoms with Gasteiger partial charge >= 0.3 is 0 Å². The average molecular weight is 308 g/mol. The molecular formula is C16H18F2N2O2. The van der Waals surface area contributed by atoms with E-state index in [9.17, 15) is 18.4 Å². The topological polar surface area (TPSA) is 40.6 Å². The van der Waals surface area contributed by atoms with Gasteiger partial charge in [-0.15, -0.1) is 0 Å². The summed E-state index contributed by atoms with van der Waals surface area (Å²) in [4.78, 5) is 26.9. The highest BCUT2D eigenvalue weighted by Gasteiger charge is 2.56. The first-order chi connectivity index (χ1) is 10.4. The zero-order valence-corrected chi connectivity index (χ0v) is 12.3. The van der Waals surface area contributed by atoms with E-state index in [1.165, 1.54) is 16.7 Å². The number of fused-ring (bicyclic) bond motifs is 2. The summed E-state index contributed by atoms with van der Waals surface area (Å²) in [5.41, 5.74) is 0.509. The van der Waals surface area contributed by atoms with Crippen LogP contribution in [-0.2, 0) is 4.79 Å². The number of hydrogen-bond donors (Lipinski definition) is 0. The minimum absolute atomic E-state index is 0.0113. The van der Waals surface area contributed by atoms with Crippen molar-refractivity contribution in [2.45, 2.75) is 12.8 Å². The highest BCUT2D eigenvalue weighted by Crippen LogP contribution is 2.42. The first-order valence-electron chi connectivity index (χ1n) is 7.37. The summed E-state index contributed by atoms with van der Waals surface area (Å²) in [5, 5.41) is 0. The maximum atomic E-state index is 14.3. The second-order valence-corrected chi connectivity index (χ2v) is 6.07. The van der Waals surface area contributed by atoms with Crippen LogP contribution in [0.4, 0.5) is 8.78 Å². The Morgan fingerprint density at radius 2 is 1.50 bits per heavy atom. The molecule has 2 fully saturated rings. The van der Waals surface area contributed by atoms with Crippen molar-refractivity contribution in [3.8, 4) is 0 Å². The van der Waals surface area contributed by atoms with Crippen molar-refractivity contribution in [3.05, 3.63) is 35.9 Å². The number of carbonyl (C=O) groups excluding carboxylic acids is 2. The van der Waals surface area contributed by atoms with Crippen LogP contribution < -0.4 is 0 Å². The van der Waals surface area contributed by atoms with Crippen LogP contribution in [0.1, 0.15) is 17.3 Å². The molecule has 0 unspecified atom stereocenters. The second-order valence-electron chi connectivity index (χ2n) is 6.07. The highest BCUT2D eigenvalue weighted by molar-refractivity contribution is 5.94. The van der Waals surface area contributed by atoms with E-state index in [2.05, 4.69) is 0 Å². The van der Waals surface area contributed by atoms with Crippen LogP contribution in [0.2, 0.25) is 0 Å². The van der Waals surface area contributed by atoms with Gasteiger partial charge in [-0.25, -0.2) is 8.78 Å². The van der Waals surface area contributed by atoms with E-state index in [-0.39, 0.29) is 38.0 Å². The quantitative estimate of drug-likeness (QED) is 0.795. The number of likely N-dealkylation sites (tertiary alicyclic amines) is 2. The van der Waals surface area contributed by atoms with Gasteiger partial charge in [0.1, 0.15) is 0 Å². The van der Waals surface area contributed by atoms with Gasteiger partial charge in [-0.05, 0) is 12.1 Å². The van der Waals surface area contributed by atoms with Crippen molar-refractivity contribution in [2.24, 2.45) is 11.8 Å². The Labute approximate surface area is 127 Å². The van der Waals surface area contributed by atoms with Crippen molar-refractivity contribution in [2.75, 3.05) is 26.2 Å². The summed E-state index contributed by atoms with van der Waals surface area (Å²) in [6, 6.07) is 8.69. The van der Waals surface area contributed by atoms with E-state index in [4.69, 9.17) is 0 Å². The van der Waals surface area contributed by atoms with Crippen molar-refractivity contribution in [1.29, 1.82) is 0 Å². The lowest BCUT2D eigenvalue weighted by atomic mass is 9.80. The number of piperidine rings is 2. The number of halogens is 2. The Hall–Kier alpha value is -1.98. The lowest BCUT2D eigenvalue weighted by molar-refractivity contribution is -0.184. The van der Waals surface area contributed by atoms with Gasteiger partial charge in [-0.2, -0.15) is 0 Å². The van der Waals surface area contributed by atoms with Crippen molar-refractivity contribution < 1.29 is 18.4 Å². The molecule has 0 N–H and O–H groups in total. The number of rotatable bonds is 1. The fraction of sp³-hybridized carbons (Fsp3) is 0.500. The molecule has 2 aliphatic heterocycles. The van der Waals surface area contributed by atoms with Crippen LogP contribution in [0.25, 0.3) is 0 Å². The number of benzene rings is 1. The maximum Gasteiger partial charge on any atom is 0.260 e. The SMILES string of the molecule is CC(=O)N1C[C@@H]2CN(C(=O)c3ccccc3)C[C@H](C1)C2(F)F. The van der Waals surface area contributed by atoms with Crippen LogP contribution in [0.15, 0.2) is 30.3 Å². The monoisotopic (exact) mass is 308 g/mol. The molecule has 0 aromatic heterocycles. The summed E-state index contributed by atoms with van der Waals surface area (Å²) in [6.07, 6.45) is 0. The zero-order valence-electron chi connectivity index (χ0n) is 12.3. The first-order valence-corrected chi connectivity index (χ1v) is 7.37. The third-order valence-electron chi connectivity index (χ3n) is 4.60. The zero-order chi connectivity index (χ0) is 15.9. The van der Waals surface area contributed by atoms with E-state index in [1.54, 1.807) is 30.3 Å². The Bertz CT molecular complexity index is 573. The molecule has 3 rings (SSSR count). The van der Waals surface area contributed by atoms with Crippen molar-refractivity contribution in [1.82, 2.24) is 9.80 Å². The fourth-order valence-corrected chi connectivity index (χ4v) is 3.34. The number of amides is 2. The Morgan fingerprint density at radius 3 is 2.00 bits per heavy atom. The highest BCUT2D eigenvalue weighted by atomic mass is 19.3. The largest absolute Gasteiger partial charge is 0.342 e. The molecule has 22 heavy (non-hydrogen) atoms. The Morgan fingerprint density at radius 1 is 1.00 bits per heavy atom. The van der Waals surface area contributed by atoms with Crippen LogP contribution in [-0.4, -0.2) is 53.7 Å². The molecule has 2 saturated heterocycles. The van der Waals surface area contributed by atoms with Crippen molar-refractivity contribution >= 4 is 11.8 Å². The molecule has 118 valence electrons. The average Bonchev–Trinajstić information content (AvgIpc) is 2.46. The van der Waals surface area contributed by atoms with Gasteiger partial charge in [0.25, 0.3) is 11.8 Å². The lowest BCUT2D eigenvalue weighted by Crippen LogP contribution is -2.64. The van der Waals surface area contributed by atoms with Gasteiger partial charge in [-0.1, -0.05) is 18.2 Å². The lowest BCUT2D eigenvalue weighted by Gasteiger charge is -2.50. The minimum atomic E-state index is -2.82. The number of alkyl halides is 2. The van der Waals surface area contributed by atoms with Gasteiger partial charge < -0.3 is 9.80 Å². The molecule has 6 heteroatoms. The molecule has 0 aliphatic carbocycles. The fourth-order valence-electron chi connectivity index (χ4n) is 3.34. The Balaban J connectivity index is 1.80. The van der Waals surface area contributed by atoms with E-state index < -0.39 is 17.8 Å². The van der Waals surface area contributed by atoms with Gasteiger partial charge in [0.2, 0.25) is 5.91 Å². The number of nitrogens with zero attached hydrogens (tertiary/aromatic N) is 2. The summed E-state index contributed by atoms with van der Waals surface area (Å²) in [7, 11) is 0. The molecule has 1 aromatic rings. The van der Waals surface area contributed by atoms with Gasteiger partial charge in [0.15, 0.2) is 0 Å². The van der Waals surface area contributed by atoms with E-state index in [0.717, 1.165) is 0 Å². The van der Waals surface area contributed by atoms with E-state index in [0.29, 0.717) is 5.56 Å². The van der Waals surface area contributed by atoms with E-state index >= 15 is 0 Å². The molecular weight excluding hydrogens is 290 g/mol. The van der Waals surface area contributed by atoms with E-state index in [1.807, 2.05) is 0 Å². The minimum Gasteiger partial charge on any atom is -0.342 e. The summed E-state index contributed by atoms with van der Waals surface area (Å²) >= 11 is 0. The van der Waals surface area contributed by atoms with Crippen molar-refractivity contribution in [3.63, 3.8) is 0 Å². The van der Waals surface area contributed by atoms with Crippen LogP contribution >= 0.6 is 0 Å². The smallest absolute Gasteiger partial charge is 0.260 e. The standard InChI is InChI=1S/C16H18F2N2O2/c1-11(21)19-7-13-9-20(10-14(8-19)16(13,17)18)15(22)12-5-3-2-4-6-12/h2-6,13-14H,7-10H2,1H3/t13-,14+. The number of hydrogen-bond acceptors (Lipinski definition) is 2. The molecule has 2 atom stereocenters. The third-order valence-corrected chi connectivity index (χ3v) is 4.60. The van der Waals surface area contributed by atoms with Gasteiger partial charge in [-0.3, -0.25) is 9.59 Å². The second kappa shape index (κ2) is 5.34.